The van der Waals surface area contributed by atoms with E-state index < -0.39 is 5.82 Å². The molecule has 0 aliphatic heterocycles. The van der Waals surface area contributed by atoms with E-state index in [0.29, 0.717) is 18.4 Å². The van der Waals surface area contributed by atoms with Gasteiger partial charge in [0.2, 0.25) is 0 Å². The van der Waals surface area contributed by atoms with Gasteiger partial charge >= 0.3 is 0 Å². The number of phenols is 1. The molecule has 0 radical (unpaired) electrons. The molecule has 0 heterocycles. The van der Waals surface area contributed by atoms with Crippen molar-refractivity contribution >= 4 is 5.78 Å². The molecule has 1 aliphatic carbocycles. The lowest BCUT2D eigenvalue weighted by atomic mass is 10.1. The van der Waals surface area contributed by atoms with E-state index in [-0.39, 0.29) is 17.1 Å². The fraction of sp³-hybridized carbons (Fsp3) is 0.222. The summed E-state index contributed by atoms with van der Waals surface area (Å²) in [5, 5.41) is 9.24. The summed E-state index contributed by atoms with van der Waals surface area (Å²) in [5.74, 6) is -0.662. The van der Waals surface area contributed by atoms with Crippen LogP contribution in [0.25, 0.3) is 0 Å². The monoisotopic (exact) mass is 166 g/mol. The smallest absolute Gasteiger partial charge is 0.167 e. The Morgan fingerprint density at radius 2 is 2.08 bits per heavy atom. The standard InChI is InChI=1S/C9H7FO2/c10-6-2-4-8(12)9-5(6)1-3-7(9)11/h2,4,12H,1,3H2. The number of hydrogen-bond donors (Lipinski definition) is 1. The molecule has 0 saturated heterocycles. The molecule has 1 N–H and O–H groups in total. The molecule has 0 saturated carbocycles. The normalized spacial score (nSPS) is 14.9. The van der Waals surface area contributed by atoms with Crippen LogP contribution in [0.2, 0.25) is 0 Å². The Labute approximate surface area is 68.6 Å². The maximum atomic E-state index is 13.0. The Bertz CT molecular complexity index is 358. The first-order valence-corrected chi connectivity index (χ1v) is 3.73. The zero-order valence-corrected chi connectivity index (χ0v) is 6.30. The van der Waals surface area contributed by atoms with Gasteiger partial charge in [-0.3, -0.25) is 4.79 Å². The van der Waals surface area contributed by atoms with Crippen molar-refractivity contribution in [1.29, 1.82) is 0 Å². The van der Waals surface area contributed by atoms with Crippen molar-refractivity contribution in [2.24, 2.45) is 0 Å². The number of rotatable bonds is 0. The van der Waals surface area contributed by atoms with Gasteiger partial charge < -0.3 is 5.11 Å². The third kappa shape index (κ3) is 0.826. The number of carbonyl (C=O) groups is 1. The van der Waals surface area contributed by atoms with Crippen LogP contribution in [0.1, 0.15) is 22.3 Å². The third-order valence-electron chi connectivity index (χ3n) is 2.11. The van der Waals surface area contributed by atoms with Gasteiger partial charge in [-0.1, -0.05) is 0 Å². The number of halogens is 1. The van der Waals surface area contributed by atoms with Crippen LogP contribution in [0.4, 0.5) is 4.39 Å². The molecular weight excluding hydrogens is 159 g/mol. The van der Waals surface area contributed by atoms with Gasteiger partial charge in [0.15, 0.2) is 5.78 Å². The first-order valence-electron chi connectivity index (χ1n) is 3.73. The van der Waals surface area contributed by atoms with Crippen molar-refractivity contribution in [3.63, 3.8) is 0 Å². The van der Waals surface area contributed by atoms with Gasteiger partial charge in [0, 0.05) is 12.0 Å². The van der Waals surface area contributed by atoms with Gasteiger partial charge in [-0.15, -0.1) is 0 Å². The fourth-order valence-electron chi connectivity index (χ4n) is 1.53. The van der Waals surface area contributed by atoms with Crippen LogP contribution in [0, 0.1) is 5.82 Å². The van der Waals surface area contributed by atoms with Crippen molar-refractivity contribution in [2.75, 3.05) is 0 Å². The predicted octanol–water partition coefficient (Wildman–Crippen LogP) is 1.66. The van der Waals surface area contributed by atoms with Crippen molar-refractivity contribution < 1.29 is 14.3 Å². The van der Waals surface area contributed by atoms with Gasteiger partial charge in [-0.05, 0) is 18.6 Å². The zero-order chi connectivity index (χ0) is 8.72. The summed E-state index contributed by atoms with van der Waals surface area (Å²) in [6.45, 7) is 0. The maximum Gasteiger partial charge on any atom is 0.167 e. The number of aromatic hydroxyl groups is 1. The Morgan fingerprint density at radius 3 is 2.75 bits per heavy atom. The fourth-order valence-corrected chi connectivity index (χ4v) is 1.53. The van der Waals surface area contributed by atoms with E-state index >= 15 is 0 Å². The third-order valence-corrected chi connectivity index (χ3v) is 2.11. The molecule has 0 atom stereocenters. The van der Waals surface area contributed by atoms with E-state index in [1.54, 1.807) is 0 Å². The Kier molecular flexibility index (Phi) is 1.40. The lowest BCUT2D eigenvalue weighted by Crippen LogP contribution is -1.93. The van der Waals surface area contributed by atoms with Gasteiger partial charge in [-0.2, -0.15) is 0 Å². The summed E-state index contributed by atoms with van der Waals surface area (Å²) >= 11 is 0. The highest BCUT2D eigenvalue weighted by molar-refractivity contribution is 6.02. The van der Waals surface area contributed by atoms with Crippen LogP contribution >= 0.6 is 0 Å². The number of carbonyl (C=O) groups excluding carboxylic acids is 1. The number of phenolic OH excluding ortho intramolecular Hbond substituents is 1. The van der Waals surface area contributed by atoms with Gasteiger partial charge in [0.05, 0.1) is 5.56 Å². The van der Waals surface area contributed by atoms with E-state index in [4.69, 9.17) is 0 Å². The molecule has 0 fully saturated rings. The second-order valence-electron chi connectivity index (χ2n) is 2.84. The maximum absolute atomic E-state index is 13.0. The predicted molar refractivity (Wildman–Crippen MR) is 40.7 cm³/mol. The van der Waals surface area contributed by atoms with Gasteiger partial charge in [-0.25, -0.2) is 4.39 Å². The topological polar surface area (TPSA) is 37.3 Å². The molecule has 3 heteroatoms. The Morgan fingerprint density at radius 1 is 1.33 bits per heavy atom. The second-order valence-corrected chi connectivity index (χ2v) is 2.84. The van der Waals surface area contributed by atoms with Crippen molar-refractivity contribution in [2.45, 2.75) is 12.8 Å². The van der Waals surface area contributed by atoms with E-state index in [1.807, 2.05) is 0 Å². The number of benzene rings is 1. The van der Waals surface area contributed by atoms with Gasteiger partial charge in [0.25, 0.3) is 0 Å². The Balaban J connectivity index is 2.72. The van der Waals surface area contributed by atoms with Crippen molar-refractivity contribution in [3.8, 4) is 5.75 Å². The summed E-state index contributed by atoms with van der Waals surface area (Å²) in [5.41, 5.74) is 0.537. The highest BCUT2D eigenvalue weighted by Crippen LogP contribution is 2.31. The molecule has 1 aliphatic rings. The van der Waals surface area contributed by atoms with Crippen molar-refractivity contribution in [1.82, 2.24) is 0 Å². The van der Waals surface area contributed by atoms with Crippen LogP contribution < -0.4 is 0 Å². The molecule has 0 aromatic heterocycles. The first kappa shape index (κ1) is 7.28. The summed E-state index contributed by atoms with van der Waals surface area (Å²) in [4.78, 5) is 11.1. The zero-order valence-electron chi connectivity index (χ0n) is 6.30. The number of ketones is 1. The summed E-state index contributed by atoms with van der Waals surface area (Å²) in [7, 11) is 0. The molecule has 12 heavy (non-hydrogen) atoms. The average Bonchev–Trinajstić information content (AvgIpc) is 2.42. The lowest BCUT2D eigenvalue weighted by molar-refractivity contribution is 0.0992. The minimum Gasteiger partial charge on any atom is -0.507 e. The summed E-state index contributed by atoms with van der Waals surface area (Å²) < 4.78 is 13.0. The number of fused-ring (bicyclic) bond motifs is 1. The summed E-state index contributed by atoms with van der Waals surface area (Å²) in [6.07, 6.45) is 0.720. The van der Waals surface area contributed by atoms with Crippen LogP contribution in [-0.4, -0.2) is 10.9 Å². The molecule has 1 aromatic carbocycles. The van der Waals surface area contributed by atoms with E-state index in [0.717, 1.165) is 0 Å². The van der Waals surface area contributed by atoms with Crippen LogP contribution in [0.3, 0.4) is 0 Å². The van der Waals surface area contributed by atoms with Crippen LogP contribution in [0.15, 0.2) is 12.1 Å². The van der Waals surface area contributed by atoms with E-state index in [1.165, 1.54) is 12.1 Å². The molecule has 2 rings (SSSR count). The summed E-state index contributed by atoms with van der Waals surface area (Å²) in [6, 6.07) is 2.41. The lowest BCUT2D eigenvalue weighted by Gasteiger charge is -2.00. The highest BCUT2D eigenvalue weighted by atomic mass is 19.1. The molecule has 0 unspecified atom stereocenters. The van der Waals surface area contributed by atoms with E-state index in [9.17, 15) is 14.3 Å². The number of hydrogen-bond acceptors (Lipinski definition) is 2. The van der Waals surface area contributed by atoms with Crippen molar-refractivity contribution in [3.05, 3.63) is 29.1 Å². The average molecular weight is 166 g/mol. The molecule has 2 nitrogen and oxygen atoms in total. The molecule has 1 aromatic rings. The van der Waals surface area contributed by atoms with Crippen LogP contribution in [-0.2, 0) is 6.42 Å². The Hall–Kier alpha value is -1.38. The molecular formula is C9H7FO2. The second kappa shape index (κ2) is 2.30. The highest BCUT2D eigenvalue weighted by Gasteiger charge is 2.25. The minimum atomic E-state index is -0.395. The molecule has 62 valence electrons. The minimum absolute atomic E-state index is 0.103. The molecule has 0 bridgehead atoms. The molecule has 0 amide bonds. The largest absolute Gasteiger partial charge is 0.507 e. The quantitative estimate of drug-likeness (QED) is 0.636. The van der Waals surface area contributed by atoms with E-state index in [2.05, 4.69) is 0 Å². The first-order chi connectivity index (χ1) is 5.70. The van der Waals surface area contributed by atoms with Gasteiger partial charge in [0.1, 0.15) is 11.6 Å². The SMILES string of the molecule is O=C1CCc2c(F)ccc(O)c21. The van der Waals surface area contributed by atoms with Crippen LogP contribution in [0.5, 0.6) is 5.75 Å². The molecule has 0 spiro atoms. The number of Topliss-reactive ketones (excluding diaryl/α,β-unsaturated/α-hetero) is 1.